The van der Waals surface area contributed by atoms with Crippen molar-refractivity contribution in [2.45, 2.75) is 0 Å². The van der Waals surface area contributed by atoms with Crippen molar-refractivity contribution in [2.24, 2.45) is 0 Å². The molecule has 1 aromatic heterocycles. The molecule has 3 nitrogen and oxygen atoms in total. The minimum atomic E-state index is -0.250. The minimum absolute atomic E-state index is 0. The van der Waals surface area contributed by atoms with Gasteiger partial charge in [-0.2, -0.15) is 0 Å². The van der Waals surface area contributed by atoms with Crippen molar-refractivity contribution in [1.29, 1.82) is 0 Å². The van der Waals surface area contributed by atoms with E-state index in [4.69, 9.17) is 9.90 Å². The molecule has 0 atom stereocenters. The number of furan rings is 1. The Kier molecular flexibility index (Phi) is 12.7. The fourth-order valence-electron chi connectivity index (χ4n) is 0.227. The van der Waals surface area contributed by atoms with Crippen LogP contribution in [0.4, 0.5) is 0 Å². The molecule has 0 aliphatic rings. The molecule has 1 aromatic rings. The quantitative estimate of drug-likeness (QED) is 0.475. The van der Waals surface area contributed by atoms with Gasteiger partial charge < -0.3 is 9.52 Å². The van der Waals surface area contributed by atoms with Gasteiger partial charge in [0.2, 0.25) is 0 Å². The standard InChI is InChI=1S/C4H4O.CH2O2.Cu/c1-2-4-5-3-1;2-1-3;/h1-4H;1H,(H,2,3);. The van der Waals surface area contributed by atoms with Gasteiger partial charge in [0.25, 0.3) is 6.47 Å². The van der Waals surface area contributed by atoms with Gasteiger partial charge in [0.05, 0.1) is 12.5 Å². The first-order valence-corrected chi connectivity index (χ1v) is 1.97. The maximum Gasteiger partial charge on any atom is 0.290 e. The van der Waals surface area contributed by atoms with Crippen LogP contribution >= 0.6 is 0 Å². The number of hydrogen-bond acceptors (Lipinski definition) is 2. The molecule has 0 saturated carbocycles. The van der Waals surface area contributed by atoms with Gasteiger partial charge in [-0.3, -0.25) is 4.79 Å². The van der Waals surface area contributed by atoms with Crippen LogP contribution in [0.1, 0.15) is 0 Å². The summed E-state index contributed by atoms with van der Waals surface area (Å²) in [6, 6.07) is 3.67. The predicted octanol–water partition coefficient (Wildman–Crippen LogP) is 0.978. The molecule has 0 amide bonds. The molecule has 0 aliphatic heterocycles. The van der Waals surface area contributed by atoms with Crippen LogP contribution in [0.15, 0.2) is 29.1 Å². The van der Waals surface area contributed by atoms with Gasteiger partial charge in [-0.15, -0.1) is 0 Å². The van der Waals surface area contributed by atoms with E-state index in [2.05, 4.69) is 4.42 Å². The van der Waals surface area contributed by atoms with Crippen LogP contribution in [0.25, 0.3) is 0 Å². The molecular weight excluding hydrogens is 172 g/mol. The van der Waals surface area contributed by atoms with Crippen LogP contribution in [0.5, 0.6) is 0 Å². The van der Waals surface area contributed by atoms with Gasteiger partial charge in [-0.1, -0.05) is 0 Å². The first-order valence-electron chi connectivity index (χ1n) is 1.97. The van der Waals surface area contributed by atoms with E-state index in [1.807, 2.05) is 12.1 Å². The van der Waals surface area contributed by atoms with Crippen LogP contribution in [0, 0.1) is 0 Å². The predicted molar refractivity (Wildman–Crippen MR) is 27.4 cm³/mol. The molecule has 0 fully saturated rings. The second-order valence-corrected chi connectivity index (χ2v) is 0.899. The van der Waals surface area contributed by atoms with Gasteiger partial charge in [0.1, 0.15) is 0 Å². The summed E-state index contributed by atoms with van der Waals surface area (Å²) in [4.78, 5) is 8.36. The Labute approximate surface area is 63.1 Å². The maximum absolute atomic E-state index is 8.36. The maximum atomic E-state index is 8.36. The Morgan fingerprint density at radius 2 is 1.67 bits per heavy atom. The number of carboxylic acid groups (broad SMARTS) is 1. The van der Waals surface area contributed by atoms with Gasteiger partial charge in [0.15, 0.2) is 0 Å². The normalized spacial score (nSPS) is 5.78. The molecule has 9 heavy (non-hydrogen) atoms. The number of rotatable bonds is 0. The van der Waals surface area contributed by atoms with Crippen molar-refractivity contribution >= 4 is 6.47 Å². The van der Waals surface area contributed by atoms with Gasteiger partial charge in [0, 0.05) is 17.1 Å². The Morgan fingerprint density at radius 3 is 1.78 bits per heavy atom. The molecular formula is C5H6CuO3. The summed E-state index contributed by atoms with van der Waals surface area (Å²) in [7, 11) is 0. The van der Waals surface area contributed by atoms with E-state index in [-0.39, 0.29) is 23.5 Å². The molecule has 0 spiro atoms. The van der Waals surface area contributed by atoms with Crippen LogP contribution in [0.3, 0.4) is 0 Å². The summed E-state index contributed by atoms with van der Waals surface area (Å²) in [5.41, 5.74) is 0. The molecule has 1 heterocycles. The van der Waals surface area contributed by atoms with E-state index in [9.17, 15) is 0 Å². The molecule has 0 aliphatic carbocycles. The van der Waals surface area contributed by atoms with E-state index in [1.165, 1.54) is 0 Å². The Morgan fingerprint density at radius 1 is 1.33 bits per heavy atom. The molecule has 4 heteroatoms. The minimum Gasteiger partial charge on any atom is -0.483 e. The molecule has 0 saturated heterocycles. The zero-order valence-electron chi connectivity index (χ0n) is 4.45. The second-order valence-electron chi connectivity index (χ2n) is 0.899. The first-order chi connectivity index (χ1) is 3.91. The molecule has 1 rings (SSSR count). The number of hydrogen-bond donors (Lipinski definition) is 1. The van der Waals surface area contributed by atoms with E-state index in [0.29, 0.717) is 0 Å². The first kappa shape index (κ1) is 11.1. The topological polar surface area (TPSA) is 50.4 Å². The summed E-state index contributed by atoms with van der Waals surface area (Å²) >= 11 is 0. The third-order valence-corrected chi connectivity index (χ3v) is 0.425. The molecule has 0 aromatic carbocycles. The summed E-state index contributed by atoms with van der Waals surface area (Å²) in [5, 5.41) is 6.89. The molecule has 0 unspecified atom stereocenters. The van der Waals surface area contributed by atoms with Crippen molar-refractivity contribution in [3.63, 3.8) is 0 Å². The fourth-order valence-corrected chi connectivity index (χ4v) is 0.227. The molecule has 0 bridgehead atoms. The summed E-state index contributed by atoms with van der Waals surface area (Å²) in [6.07, 6.45) is 3.25. The Bertz CT molecular complexity index is 98.5. The van der Waals surface area contributed by atoms with Crippen molar-refractivity contribution < 1.29 is 31.4 Å². The third-order valence-electron chi connectivity index (χ3n) is 0.425. The van der Waals surface area contributed by atoms with E-state index in [0.717, 1.165) is 0 Å². The van der Waals surface area contributed by atoms with E-state index < -0.39 is 0 Å². The zero-order chi connectivity index (χ0) is 6.24. The van der Waals surface area contributed by atoms with E-state index in [1.54, 1.807) is 12.5 Å². The van der Waals surface area contributed by atoms with Crippen LogP contribution < -0.4 is 0 Å². The van der Waals surface area contributed by atoms with Gasteiger partial charge >= 0.3 is 0 Å². The Balaban J connectivity index is 0. The monoisotopic (exact) mass is 177 g/mol. The summed E-state index contributed by atoms with van der Waals surface area (Å²) < 4.78 is 4.58. The van der Waals surface area contributed by atoms with Crippen molar-refractivity contribution in [2.75, 3.05) is 0 Å². The molecule has 1 N–H and O–H groups in total. The average Bonchev–Trinajstić information content (AvgIpc) is 2.17. The van der Waals surface area contributed by atoms with Crippen molar-refractivity contribution in [1.82, 2.24) is 0 Å². The summed E-state index contributed by atoms with van der Waals surface area (Å²) in [5.74, 6) is 0. The van der Waals surface area contributed by atoms with Crippen molar-refractivity contribution in [3.8, 4) is 0 Å². The van der Waals surface area contributed by atoms with Crippen LogP contribution in [-0.4, -0.2) is 11.6 Å². The molecule has 1 radical (unpaired) electrons. The average molecular weight is 178 g/mol. The number of carbonyl (C=O) groups is 1. The van der Waals surface area contributed by atoms with Crippen molar-refractivity contribution in [3.05, 3.63) is 24.7 Å². The van der Waals surface area contributed by atoms with E-state index >= 15 is 0 Å². The Hall–Kier alpha value is -0.731. The second kappa shape index (κ2) is 10.3. The summed E-state index contributed by atoms with van der Waals surface area (Å²) in [6.45, 7) is -0.250. The largest absolute Gasteiger partial charge is 0.483 e. The zero-order valence-corrected chi connectivity index (χ0v) is 5.39. The smallest absolute Gasteiger partial charge is 0.290 e. The van der Waals surface area contributed by atoms with Gasteiger partial charge in [-0.05, 0) is 12.1 Å². The fraction of sp³-hybridized carbons (Fsp3) is 0. The molecule has 55 valence electrons. The van der Waals surface area contributed by atoms with Crippen LogP contribution in [-0.2, 0) is 21.9 Å². The third kappa shape index (κ3) is 11.1. The van der Waals surface area contributed by atoms with Gasteiger partial charge in [-0.25, -0.2) is 0 Å². The van der Waals surface area contributed by atoms with Crippen LogP contribution in [0.2, 0.25) is 0 Å². The SMILES string of the molecule is O=CO.[Cu].c1ccoc1.